The second-order valence-electron chi connectivity index (χ2n) is 10.4. The molecule has 4 rings (SSSR count). The van der Waals surface area contributed by atoms with Crippen LogP contribution in [0.15, 0.2) is 29.5 Å². The number of hydrogen-bond acceptors (Lipinski definition) is 5. The summed E-state index contributed by atoms with van der Waals surface area (Å²) in [6, 6.07) is 3.73. The van der Waals surface area contributed by atoms with Gasteiger partial charge in [-0.05, 0) is 87.4 Å². The summed E-state index contributed by atoms with van der Waals surface area (Å²) in [5, 5.41) is 0. The fourth-order valence-electron chi connectivity index (χ4n) is 5.22. The first-order chi connectivity index (χ1) is 17.7. The summed E-state index contributed by atoms with van der Waals surface area (Å²) in [6.45, 7) is 4.72. The highest BCUT2D eigenvalue weighted by atomic mass is 19.4. The van der Waals surface area contributed by atoms with Crippen molar-refractivity contribution in [3.8, 4) is 0 Å². The van der Waals surface area contributed by atoms with Gasteiger partial charge in [-0.3, -0.25) is 9.78 Å². The number of amides is 1. The molecule has 1 amide bonds. The molecule has 0 bridgehead atoms. The molecule has 2 aromatic heterocycles. The number of pyridine rings is 1. The summed E-state index contributed by atoms with van der Waals surface area (Å²) in [7, 11) is 0. The van der Waals surface area contributed by atoms with Crippen molar-refractivity contribution in [3.05, 3.63) is 52.9 Å². The Labute approximate surface area is 216 Å². The topological polar surface area (TPSA) is 71.3 Å². The lowest BCUT2D eigenvalue weighted by Crippen LogP contribution is -2.29. The highest BCUT2D eigenvalue weighted by molar-refractivity contribution is 5.87. The minimum Gasteiger partial charge on any atom is -0.303 e. The summed E-state index contributed by atoms with van der Waals surface area (Å²) >= 11 is 0. The number of carbonyl (C=O) groups excluding carboxylic acids is 1. The molecule has 9 heteroatoms. The summed E-state index contributed by atoms with van der Waals surface area (Å²) in [5.41, 5.74) is 3.45. The minimum atomic E-state index is -4.15. The van der Waals surface area contributed by atoms with Crippen molar-refractivity contribution in [2.24, 2.45) is 16.8 Å². The molecule has 3 heterocycles. The number of alkyl halides is 3. The molecule has 0 spiro atoms. The maximum atomic E-state index is 12.6. The van der Waals surface area contributed by atoms with Gasteiger partial charge in [0.25, 0.3) is 0 Å². The first-order valence-electron chi connectivity index (χ1n) is 13.3. The SMILES string of the molecule is Cc1ncc(CC(=O)/N=C/C2CCC(CCN3CCc4ccc(CCC(F)(F)F)nc4CC3)CC2)cn1. The quantitative estimate of drug-likeness (QED) is 0.457. The van der Waals surface area contributed by atoms with Crippen molar-refractivity contribution >= 4 is 12.1 Å². The molecule has 2 aliphatic rings. The summed E-state index contributed by atoms with van der Waals surface area (Å²) in [5.74, 6) is 1.58. The van der Waals surface area contributed by atoms with Crippen LogP contribution < -0.4 is 0 Å². The van der Waals surface area contributed by atoms with E-state index >= 15 is 0 Å². The molecule has 0 atom stereocenters. The molecule has 2 aromatic rings. The summed E-state index contributed by atoms with van der Waals surface area (Å²) in [4.78, 5) is 31.6. The van der Waals surface area contributed by atoms with Crippen molar-refractivity contribution in [2.45, 2.75) is 77.3 Å². The van der Waals surface area contributed by atoms with Crippen LogP contribution in [0.4, 0.5) is 13.2 Å². The highest BCUT2D eigenvalue weighted by Crippen LogP contribution is 2.30. The number of aromatic nitrogens is 3. The molecule has 0 radical (unpaired) electrons. The van der Waals surface area contributed by atoms with Gasteiger partial charge in [0, 0.05) is 55.9 Å². The Morgan fingerprint density at radius 3 is 2.57 bits per heavy atom. The zero-order chi connectivity index (χ0) is 26.3. The van der Waals surface area contributed by atoms with Crippen LogP contribution in [0.25, 0.3) is 0 Å². The predicted molar refractivity (Wildman–Crippen MR) is 136 cm³/mol. The van der Waals surface area contributed by atoms with Crippen molar-refractivity contribution in [2.75, 3.05) is 19.6 Å². The molecule has 0 aromatic carbocycles. The van der Waals surface area contributed by atoms with E-state index in [1.165, 1.54) is 5.56 Å². The minimum absolute atomic E-state index is 0.0518. The van der Waals surface area contributed by atoms with Crippen molar-refractivity contribution in [1.29, 1.82) is 0 Å². The van der Waals surface area contributed by atoms with E-state index in [4.69, 9.17) is 0 Å². The number of aliphatic imine (C=N–C) groups is 1. The number of halogens is 3. The van der Waals surface area contributed by atoms with Gasteiger partial charge in [-0.1, -0.05) is 6.07 Å². The third-order valence-electron chi connectivity index (χ3n) is 7.52. The third kappa shape index (κ3) is 8.98. The molecule has 6 nitrogen and oxygen atoms in total. The monoisotopic (exact) mass is 515 g/mol. The Balaban J connectivity index is 1.15. The van der Waals surface area contributed by atoms with Crippen molar-refractivity contribution in [3.63, 3.8) is 0 Å². The average molecular weight is 516 g/mol. The van der Waals surface area contributed by atoms with Gasteiger partial charge in [-0.25, -0.2) is 15.0 Å². The standard InChI is InChI=1S/C28H36F3N5O/c1-20-32-18-23(19-33-20)16-27(37)34-17-22-4-2-21(3-5-22)9-13-36-14-10-24-6-7-25(8-12-28(29,30)31)35-26(24)11-15-36/h6-7,17-19,21-22H,2-5,8-16H2,1H3/b34-17+. The highest BCUT2D eigenvalue weighted by Gasteiger charge is 2.27. The van der Waals surface area contributed by atoms with Gasteiger partial charge in [-0.15, -0.1) is 0 Å². The van der Waals surface area contributed by atoms with Crippen LogP contribution in [0.1, 0.15) is 66.9 Å². The number of aryl methyl sites for hydroxylation is 2. The third-order valence-corrected chi connectivity index (χ3v) is 7.52. The van der Waals surface area contributed by atoms with E-state index in [9.17, 15) is 18.0 Å². The van der Waals surface area contributed by atoms with E-state index in [1.807, 2.05) is 19.2 Å². The van der Waals surface area contributed by atoms with Gasteiger partial charge >= 0.3 is 6.18 Å². The van der Waals surface area contributed by atoms with E-state index in [2.05, 4.69) is 24.8 Å². The normalized spacial score (nSPS) is 21.1. The molecule has 1 aliphatic carbocycles. The van der Waals surface area contributed by atoms with E-state index < -0.39 is 12.6 Å². The van der Waals surface area contributed by atoms with E-state index in [1.54, 1.807) is 18.5 Å². The largest absolute Gasteiger partial charge is 0.389 e. The molecule has 0 saturated heterocycles. The van der Waals surface area contributed by atoms with Gasteiger partial charge in [0.2, 0.25) is 5.91 Å². The lowest BCUT2D eigenvalue weighted by atomic mass is 9.81. The maximum Gasteiger partial charge on any atom is 0.389 e. The van der Waals surface area contributed by atoms with E-state index in [0.29, 0.717) is 23.4 Å². The first kappa shape index (κ1) is 27.4. The van der Waals surface area contributed by atoms with Crippen LogP contribution in [0.5, 0.6) is 0 Å². The second kappa shape index (κ2) is 12.7. The van der Waals surface area contributed by atoms with Crippen LogP contribution in [0.3, 0.4) is 0 Å². The Kier molecular flexibility index (Phi) is 9.40. The van der Waals surface area contributed by atoms with Gasteiger partial charge in [0.1, 0.15) is 5.82 Å². The number of fused-ring (bicyclic) bond motifs is 1. The molecule has 1 aliphatic heterocycles. The molecule has 0 unspecified atom stereocenters. The molecule has 0 N–H and O–H groups in total. The lowest BCUT2D eigenvalue weighted by Gasteiger charge is -2.28. The second-order valence-corrected chi connectivity index (χ2v) is 10.4. The Bertz CT molecular complexity index is 1060. The molecular formula is C28H36F3N5O. The van der Waals surface area contributed by atoms with E-state index in [-0.39, 0.29) is 18.7 Å². The fraction of sp³-hybridized carbons (Fsp3) is 0.607. The van der Waals surface area contributed by atoms with Crippen molar-refractivity contribution in [1.82, 2.24) is 19.9 Å². The zero-order valence-electron chi connectivity index (χ0n) is 21.5. The molecule has 37 heavy (non-hydrogen) atoms. The van der Waals surface area contributed by atoms with Crippen LogP contribution in [0, 0.1) is 18.8 Å². The number of rotatable bonds is 8. The smallest absolute Gasteiger partial charge is 0.303 e. The molecular weight excluding hydrogens is 479 g/mol. The van der Waals surface area contributed by atoms with Gasteiger partial charge in [-0.2, -0.15) is 13.2 Å². The van der Waals surface area contributed by atoms with E-state index in [0.717, 1.165) is 75.8 Å². The predicted octanol–water partition coefficient (Wildman–Crippen LogP) is 5.11. The number of hydrogen-bond donors (Lipinski definition) is 0. The van der Waals surface area contributed by atoms with Crippen LogP contribution >= 0.6 is 0 Å². The zero-order valence-corrected chi connectivity index (χ0v) is 21.5. The van der Waals surface area contributed by atoms with Crippen molar-refractivity contribution < 1.29 is 18.0 Å². The maximum absolute atomic E-state index is 12.6. The van der Waals surface area contributed by atoms with Gasteiger partial charge in [0.05, 0.1) is 6.42 Å². The fourth-order valence-corrected chi connectivity index (χ4v) is 5.22. The summed E-state index contributed by atoms with van der Waals surface area (Å²) in [6.07, 6.45) is 7.67. The van der Waals surface area contributed by atoms with Gasteiger partial charge in [0.15, 0.2) is 0 Å². The Morgan fingerprint density at radius 1 is 1.11 bits per heavy atom. The number of nitrogens with zero attached hydrogens (tertiary/aromatic N) is 5. The molecule has 1 saturated carbocycles. The lowest BCUT2D eigenvalue weighted by molar-refractivity contribution is -0.134. The first-order valence-corrected chi connectivity index (χ1v) is 13.3. The molecule has 200 valence electrons. The Hall–Kier alpha value is -2.68. The van der Waals surface area contributed by atoms with Gasteiger partial charge < -0.3 is 4.90 Å². The average Bonchev–Trinajstić information content (AvgIpc) is 3.08. The van der Waals surface area contributed by atoms with Crippen LogP contribution in [-0.4, -0.2) is 57.8 Å². The summed E-state index contributed by atoms with van der Waals surface area (Å²) < 4.78 is 37.7. The van der Waals surface area contributed by atoms with Crippen LogP contribution in [0.2, 0.25) is 0 Å². The molecule has 1 fully saturated rings. The van der Waals surface area contributed by atoms with Crippen LogP contribution in [-0.2, 0) is 30.5 Å². The number of carbonyl (C=O) groups is 1. The Morgan fingerprint density at radius 2 is 1.84 bits per heavy atom.